The number of aryl methyl sites for hydroxylation is 3. The van der Waals surface area contributed by atoms with Crippen LogP contribution in [0.15, 0.2) is 87.3 Å². The van der Waals surface area contributed by atoms with E-state index < -0.39 is 11.3 Å². The highest BCUT2D eigenvalue weighted by Gasteiger charge is 2.59. The molecule has 1 amide bonds. The first kappa shape index (κ1) is 37.0. The highest BCUT2D eigenvalue weighted by atomic mass is 19.1. The maximum atomic E-state index is 15.2. The van der Waals surface area contributed by atoms with Crippen molar-refractivity contribution in [1.29, 1.82) is 0 Å². The molecule has 3 aromatic carbocycles. The first-order valence-corrected chi connectivity index (χ1v) is 20.4. The van der Waals surface area contributed by atoms with Crippen molar-refractivity contribution in [1.82, 2.24) is 48.3 Å². The van der Waals surface area contributed by atoms with Crippen molar-refractivity contribution in [3.63, 3.8) is 0 Å². The summed E-state index contributed by atoms with van der Waals surface area (Å²) in [5.74, 6) is -0.320. The smallest absolute Gasteiger partial charge is 0.378 e. The number of aromatic nitrogens is 9. The highest BCUT2D eigenvalue weighted by molar-refractivity contribution is 6.00. The molecule has 1 N–H and O–H groups in total. The van der Waals surface area contributed by atoms with E-state index in [9.17, 15) is 9.59 Å². The van der Waals surface area contributed by atoms with Crippen LogP contribution in [0.3, 0.4) is 0 Å². The molecule has 2 fully saturated rings. The topological polar surface area (TPSA) is 159 Å². The number of nitrogens with zero attached hydrogens (tertiary/aromatic N) is 10. The number of fused-ring (bicyclic) bond motifs is 3. The predicted molar refractivity (Wildman–Crippen MR) is 224 cm³/mol. The average molecular weight is 824 g/mol. The molecule has 1 aliphatic carbocycles. The van der Waals surface area contributed by atoms with Gasteiger partial charge < -0.3 is 19.1 Å². The SMILES string of the molecule is Cc1cc(-n2nc3c(c2-n2ccn(-c4ccc5c(cnn5C)c4)c2=O)CN(C(=O)c2cc4cc(N5CCOCC5)ccc4n2[C@@]2(c4noc(=O)[nH]4)C[C@@H]2C)CC3)cc(C)c1F. The van der Waals surface area contributed by atoms with Crippen molar-refractivity contribution in [3.05, 3.63) is 134 Å². The van der Waals surface area contributed by atoms with Gasteiger partial charge in [0.2, 0.25) is 0 Å². The van der Waals surface area contributed by atoms with E-state index in [1.165, 1.54) is 0 Å². The first-order valence-electron chi connectivity index (χ1n) is 20.4. The Hall–Kier alpha value is -7.01. The molecule has 310 valence electrons. The zero-order valence-electron chi connectivity index (χ0n) is 34.1. The molecule has 5 aromatic heterocycles. The number of carbonyl (C=O) groups excluding carboxylic acids is 1. The summed E-state index contributed by atoms with van der Waals surface area (Å²) in [6, 6.07) is 17.3. The van der Waals surface area contributed by atoms with Gasteiger partial charge in [-0.25, -0.2) is 18.7 Å². The minimum atomic E-state index is -0.816. The number of nitrogens with one attached hydrogen (secondary N) is 1. The average Bonchev–Trinajstić information content (AvgIpc) is 3.89. The second kappa shape index (κ2) is 13.5. The summed E-state index contributed by atoms with van der Waals surface area (Å²) >= 11 is 0. The van der Waals surface area contributed by atoms with Crippen LogP contribution in [0, 0.1) is 25.6 Å². The van der Waals surface area contributed by atoms with Gasteiger partial charge in [-0.2, -0.15) is 10.2 Å². The molecule has 61 heavy (non-hydrogen) atoms. The van der Waals surface area contributed by atoms with Gasteiger partial charge in [0.15, 0.2) is 5.82 Å². The minimum absolute atomic E-state index is 0.0320. The number of amides is 1. The summed E-state index contributed by atoms with van der Waals surface area (Å²) in [6.07, 6.45) is 6.22. The summed E-state index contributed by atoms with van der Waals surface area (Å²) in [4.78, 5) is 49.0. The highest BCUT2D eigenvalue weighted by Crippen LogP contribution is 2.56. The normalized spacial score (nSPS) is 19.0. The number of hydrogen-bond donors (Lipinski definition) is 1. The number of anilines is 1. The summed E-state index contributed by atoms with van der Waals surface area (Å²) < 4.78 is 34.3. The minimum Gasteiger partial charge on any atom is -0.378 e. The van der Waals surface area contributed by atoms with Crippen LogP contribution >= 0.6 is 0 Å². The van der Waals surface area contributed by atoms with Gasteiger partial charge in [-0.3, -0.25) is 28.1 Å². The largest absolute Gasteiger partial charge is 0.438 e. The number of carbonyl (C=O) groups is 1. The molecule has 0 bridgehead atoms. The standard InChI is InChI=1S/C44H42FN11O5/c1-25-17-32(18-26(2)38(25)45)56-39(54-12-11-53(43(54)59)31-6-7-35-29(20-31)23-46-50(35)4)33-24-52(10-9-34(33)48-56)40(57)37-21-28-19-30(51-13-15-60-16-14-51)5-8-36(28)55(37)44(22-27(44)3)41-47-42(58)61-49-41/h5-8,11-12,17-21,23,27H,9-10,13-16,22,24H2,1-4H3,(H,47,49,58)/t27-,44-/m0/s1. The van der Waals surface area contributed by atoms with E-state index in [0.717, 1.165) is 46.3 Å². The van der Waals surface area contributed by atoms with Gasteiger partial charge in [0.25, 0.3) is 5.91 Å². The lowest BCUT2D eigenvalue weighted by Gasteiger charge is -2.29. The van der Waals surface area contributed by atoms with Crippen LogP contribution in [0.2, 0.25) is 0 Å². The molecule has 3 aliphatic rings. The fourth-order valence-corrected chi connectivity index (χ4v) is 9.58. The van der Waals surface area contributed by atoms with E-state index in [2.05, 4.69) is 39.2 Å². The lowest BCUT2D eigenvalue weighted by atomic mass is 10.1. The second-order valence-corrected chi connectivity index (χ2v) is 16.5. The Kier molecular flexibility index (Phi) is 8.20. The number of rotatable bonds is 7. The number of aromatic amines is 1. The van der Waals surface area contributed by atoms with Gasteiger partial charge in [-0.05, 0) is 91.9 Å². The Bertz CT molecular complexity index is 3190. The molecular weight excluding hydrogens is 782 g/mol. The zero-order chi connectivity index (χ0) is 41.9. The van der Waals surface area contributed by atoms with Crippen LogP contribution in [0.5, 0.6) is 0 Å². The Balaban J connectivity index is 1.04. The number of benzene rings is 3. The van der Waals surface area contributed by atoms with E-state index >= 15 is 9.18 Å². The van der Waals surface area contributed by atoms with Crippen LogP contribution in [-0.4, -0.2) is 87.1 Å². The Morgan fingerprint density at radius 1 is 0.902 bits per heavy atom. The molecule has 1 saturated heterocycles. The van der Waals surface area contributed by atoms with E-state index in [1.807, 2.05) is 41.9 Å². The maximum Gasteiger partial charge on any atom is 0.438 e. The van der Waals surface area contributed by atoms with Gasteiger partial charge in [-0.1, -0.05) is 12.1 Å². The molecule has 2 aliphatic heterocycles. The Morgan fingerprint density at radius 2 is 1.62 bits per heavy atom. The molecule has 16 nitrogen and oxygen atoms in total. The van der Waals surface area contributed by atoms with Gasteiger partial charge >= 0.3 is 11.4 Å². The molecule has 0 radical (unpaired) electrons. The lowest BCUT2D eigenvalue weighted by molar-refractivity contribution is 0.0721. The van der Waals surface area contributed by atoms with E-state index in [4.69, 9.17) is 14.4 Å². The monoisotopic (exact) mass is 823 g/mol. The number of halogens is 1. The van der Waals surface area contributed by atoms with Crippen molar-refractivity contribution < 1.29 is 18.4 Å². The fourth-order valence-electron chi connectivity index (χ4n) is 9.58. The lowest BCUT2D eigenvalue weighted by Crippen LogP contribution is -2.39. The molecule has 0 spiro atoms. The summed E-state index contributed by atoms with van der Waals surface area (Å²) in [6.45, 7) is 8.77. The third-order valence-electron chi connectivity index (χ3n) is 12.9. The van der Waals surface area contributed by atoms with E-state index in [-0.39, 0.29) is 29.9 Å². The molecule has 1 saturated carbocycles. The van der Waals surface area contributed by atoms with Crippen molar-refractivity contribution in [3.8, 4) is 17.2 Å². The van der Waals surface area contributed by atoms with Gasteiger partial charge in [-0.15, -0.1) is 0 Å². The molecule has 8 aromatic rings. The summed E-state index contributed by atoms with van der Waals surface area (Å²) in [5.41, 5.74) is 5.67. The maximum absolute atomic E-state index is 15.2. The van der Waals surface area contributed by atoms with E-state index in [1.54, 1.807) is 68.0 Å². The van der Waals surface area contributed by atoms with Crippen LogP contribution < -0.4 is 16.3 Å². The van der Waals surface area contributed by atoms with Crippen LogP contribution in [0.4, 0.5) is 10.1 Å². The molecule has 11 rings (SSSR count). The third-order valence-corrected chi connectivity index (χ3v) is 12.9. The quantitative estimate of drug-likeness (QED) is 0.236. The van der Waals surface area contributed by atoms with Crippen LogP contribution in [0.1, 0.15) is 52.0 Å². The number of H-pyrrole nitrogens is 1. The molecule has 2 atom stereocenters. The summed E-state index contributed by atoms with van der Waals surface area (Å²) in [7, 11) is 1.87. The fraction of sp³-hybridized carbons (Fsp3) is 0.318. The molecular formula is C44H42FN11O5. The van der Waals surface area contributed by atoms with Crippen molar-refractivity contribution in [2.75, 3.05) is 37.7 Å². The van der Waals surface area contributed by atoms with Crippen molar-refractivity contribution >= 4 is 33.4 Å². The summed E-state index contributed by atoms with van der Waals surface area (Å²) in [5, 5.41) is 15.3. The predicted octanol–water partition coefficient (Wildman–Crippen LogP) is 4.91. The van der Waals surface area contributed by atoms with Crippen molar-refractivity contribution in [2.24, 2.45) is 13.0 Å². The second-order valence-electron chi connectivity index (χ2n) is 16.5. The van der Waals surface area contributed by atoms with Gasteiger partial charge in [0.05, 0.1) is 48.5 Å². The van der Waals surface area contributed by atoms with Crippen LogP contribution in [0.25, 0.3) is 39.0 Å². The Morgan fingerprint density at radius 3 is 2.36 bits per heavy atom. The number of ether oxygens (including phenoxy) is 1. The molecule has 17 heteroatoms. The Labute approximate surface area is 346 Å². The van der Waals surface area contributed by atoms with E-state index in [0.29, 0.717) is 78.0 Å². The number of hydrogen-bond acceptors (Lipinski definition) is 9. The zero-order valence-corrected chi connectivity index (χ0v) is 34.1. The number of morpholine rings is 1. The molecule has 7 heterocycles. The number of imidazole rings is 1. The van der Waals surface area contributed by atoms with Crippen LogP contribution in [-0.2, 0) is 30.3 Å². The first-order chi connectivity index (χ1) is 29.5. The molecule has 0 unspecified atom stereocenters. The van der Waals surface area contributed by atoms with Crippen molar-refractivity contribution in [2.45, 2.75) is 45.7 Å². The third kappa shape index (κ3) is 5.66. The van der Waals surface area contributed by atoms with Gasteiger partial charge in [0.1, 0.15) is 22.9 Å². The van der Waals surface area contributed by atoms with Gasteiger partial charge in [0, 0.05) is 73.0 Å².